The van der Waals surface area contributed by atoms with Crippen molar-refractivity contribution in [2.45, 2.75) is 11.4 Å². The largest absolute Gasteiger partial charge is 0.360 e. The van der Waals surface area contributed by atoms with Crippen LogP contribution in [-0.2, 0) is 16.6 Å². The monoisotopic (exact) mass is 535 g/mol. The lowest BCUT2D eigenvalue weighted by atomic mass is 10.2. The molecule has 0 spiro atoms. The molecule has 2 N–H and O–H groups in total. The first-order chi connectivity index (χ1) is 13.0. The molecule has 3 rings (SSSR count). The molecule has 7 nitrogen and oxygen atoms in total. The van der Waals surface area contributed by atoms with Crippen molar-refractivity contribution in [2.75, 3.05) is 45.2 Å². The highest BCUT2D eigenvalue weighted by atomic mass is 127. The molecule has 0 saturated carbocycles. The molecule has 28 heavy (non-hydrogen) atoms. The molecule has 0 unspecified atom stereocenters. The molecule has 1 aromatic heterocycles. The molecule has 1 aliphatic rings. The van der Waals surface area contributed by atoms with E-state index < -0.39 is 10.0 Å². The van der Waals surface area contributed by atoms with Gasteiger partial charge >= 0.3 is 0 Å². The summed E-state index contributed by atoms with van der Waals surface area (Å²) < 4.78 is 26.3. The quantitative estimate of drug-likeness (QED) is 0.349. The summed E-state index contributed by atoms with van der Waals surface area (Å²) in [7, 11) is -0.248. The fourth-order valence-electron chi connectivity index (χ4n) is 3.04. The maximum Gasteiger partial charge on any atom is 0.240 e. The van der Waals surface area contributed by atoms with E-state index in [-0.39, 0.29) is 28.9 Å². The van der Waals surface area contributed by atoms with E-state index in [9.17, 15) is 8.42 Å². The average Bonchev–Trinajstić information content (AvgIpc) is 3.24. The van der Waals surface area contributed by atoms with E-state index in [0.29, 0.717) is 6.54 Å². The number of benzene rings is 1. The van der Waals surface area contributed by atoms with Crippen molar-refractivity contribution in [2.24, 2.45) is 4.99 Å². The fourth-order valence-corrected chi connectivity index (χ4v) is 4.63. The molecule has 1 aliphatic heterocycles. The molecule has 0 aliphatic carbocycles. The fraction of sp³-hybridized carbons (Fsp3) is 0.389. The molecule has 0 bridgehead atoms. The summed E-state index contributed by atoms with van der Waals surface area (Å²) in [5, 5.41) is 6.75. The van der Waals surface area contributed by atoms with Crippen molar-refractivity contribution in [1.82, 2.24) is 14.9 Å². The van der Waals surface area contributed by atoms with Gasteiger partial charge < -0.3 is 15.1 Å². The zero-order valence-electron chi connectivity index (χ0n) is 16.0. The van der Waals surface area contributed by atoms with Crippen molar-refractivity contribution in [3.63, 3.8) is 0 Å². The second-order valence-electron chi connectivity index (χ2n) is 6.18. The topological polar surface area (TPSA) is 77.0 Å². The Morgan fingerprint density at radius 1 is 1.18 bits per heavy atom. The van der Waals surface area contributed by atoms with Gasteiger partial charge in [-0.2, -0.15) is 0 Å². The molecular formula is C18H26IN5O2S2. The van der Waals surface area contributed by atoms with Crippen molar-refractivity contribution in [1.29, 1.82) is 0 Å². The van der Waals surface area contributed by atoms with Gasteiger partial charge in [0.15, 0.2) is 5.96 Å². The van der Waals surface area contributed by atoms with Gasteiger partial charge in [-0.25, -0.2) is 13.1 Å². The maximum absolute atomic E-state index is 12.0. The first-order valence-corrected chi connectivity index (χ1v) is 11.2. The molecule has 154 valence electrons. The molecule has 0 amide bonds. The molecular weight excluding hydrogens is 509 g/mol. The number of piperazine rings is 1. The minimum Gasteiger partial charge on any atom is -0.360 e. The minimum atomic E-state index is -3.44. The molecule has 1 aromatic carbocycles. The Balaban J connectivity index is 0.00000280. The number of guanidine groups is 1. The number of thiophene rings is 1. The van der Waals surface area contributed by atoms with Gasteiger partial charge in [0.1, 0.15) is 0 Å². The number of hydrogen-bond donors (Lipinski definition) is 2. The summed E-state index contributed by atoms with van der Waals surface area (Å²) in [5.41, 5.74) is 0.893. The van der Waals surface area contributed by atoms with Crippen LogP contribution in [0.2, 0.25) is 0 Å². The Kier molecular flexibility index (Phi) is 8.53. The average molecular weight is 535 g/mol. The van der Waals surface area contributed by atoms with E-state index in [1.54, 1.807) is 36.6 Å². The predicted molar refractivity (Wildman–Crippen MR) is 126 cm³/mol. The van der Waals surface area contributed by atoms with Crippen molar-refractivity contribution >= 4 is 56.3 Å². The lowest BCUT2D eigenvalue weighted by molar-refractivity contribution is 0.373. The first-order valence-electron chi connectivity index (χ1n) is 8.80. The zero-order chi connectivity index (χ0) is 19.3. The summed E-state index contributed by atoms with van der Waals surface area (Å²) in [4.78, 5) is 9.28. The van der Waals surface area contributed by atoms with Crippen molar-refractivity contribution in [3.8, 4) is 0 Å². The van der Waals surface area contributed by atoms with E-state index in [1.807, 2.05) is 6.07 Å². The van der Waals surface area contributed by atoms with E-state index >= 15 is 0 Å². The first kappa shape index (κ1) is 22.9. The van der Waals surface area contributed by atoms with Crippen LogP contribution in [0, 0.1) is 0 Å². The van der Waals surface area contributed by atoms with Crippen LogP contribution >= 0.6 is 35.3 Å². The second-order valence-corrected chi connectivity index (χ2v) is 8.99. The third-order valence-electron chi connectivity index (χ3n) is 4.54. The predicted octanol–water partition coefficient (Wildman–Crippen LogP) is 2.17. The van der Waals surface area contributed by atoms with Gasteiger partial charge in [-0.3, -0.25) is 4.99 Å². The van der Waals surface area contributed by atoms with E-state index in [0.717, 1.165) is 37.7 Å². The Bertz CT molecular complexity index is 879. The molecule has 10 heteroatoms. The van der Waals surface area contributed by atoms with E-state index in [2.05, 4.69) is 42.3 Å². The number of sulfonamides is 1. The van der Waals surface area contributed by atoms with Gasteiger partial charge in [0, 0.05) is 39.8 Å². The number of hydrogen-bond acceptors (Lipinski definition) is 5. The van der Waals surface area contributed by atoms with Crippen molar-refractivity contribution < 1.29 is 8.42 Å². The maximum atomic E-state index is 12.0. The summed E-state index contributed by atoms with van der Waals surface area (Å²) in [6.07, 6.45) is 0. The number of nitrogens with one attached hydrogen (secondary N) is 2. The number of halogens is 1. The van der Waals surface area contributed by atoms with Gasteiger partial charge in [-0.1, -0.05) is 12.1 Å². The standard InChI is InChI=1S/C18H25N5O2S2.HI/c1-19-18(23-10-8-22(9-11-23)17-7-4-12-26-17)21-14-15-5-3-6-16(13-15)27(24,25)20-2;/h3-7,12-13,20H,8-11,14H2,1-2H3,(H,19,21);1H. The van der Waals surface area contributed by atoms with E-state index in [4.69, 9.17) is 0 Å². The molecule has 1 saturated heterocycles. The Hall–Kier alpha value is -1.37. The second kappa shape index (κ2) is 10.4. The smallest absolute Gasteiger partial charge is 0.240 e. The van der Waals surface area contributed by atoms with Gasteiger partial charge in [-0.15, -0.1) is 35.3 Å². The van der Waals surface area contributed by atoms with Crippen LogP contribution in [-0.4, -0.2) is 59.6 Å². The Morgan fingerprint density at radius 3 is 2.54 bits per heavy atom. The van der Waals surface area contributed by atoms with Crippen LogP contribution in [0.4, 0.5) is 5.00 Å². The van der Waals surface area contributed by atoms with Crippen LogP contribution < -0.4 is 14.9 Å². The number of rotatable bonds is 5. The molecule has 0 radical (unpaired) electrons. The van der Waals surface area contributed by atoms with Gasteiger partial charge in [0.25, 0.3) is 0 Å². The molecule has 2 aromatic rings. The normalized spacial score (nSPS) is 15.3. The number of aliphatic imine (C=N–C) groups is 1. The van der Waals surface area contributed by atoms with Gasteiger partial charge in [-0.05, 0) is 42.3 Å². The highest BCUT2D eigenvalue weighted by Crippen LogP contribution is 2.22. The lowest BCUT2D eigenvalue weighted by Gasteiger charge is -2.37. The van der Waals surface area contributed by atoms with Crippen molar-refractivity contribution in [3.05, 3.63) is 47.3 Å². The highest BCUT2D eigenvalue weighted by Gasteiger charge is 2.20. The third kappa shape index (κ3) is 5.58. The number of nitrogens with zero attached hydrogens (tertiary/aromatic N) is 3. The van der Waals surface area contributed by atoms with Gasteiger partial charge in [0.05, 0.1) is 9.90 Å². The van der Waals surface area contributed by atoms with Crippen LogP contribution in [0.3, 0.4) is 0 Å². The van der Waals surface area contributed by atoms with Crippen LogP contribution in [0.5, 0.6) is 0 Å². The highest BCUT2D eigenvalue weighted by molar-refractivity contribution is 14.0. The summed E-state index contributed by atoms with van der Waals surface area (Å²) in [6.45, 7) is 4.22. The number of anilines is 1. The van der Waals surface area contributed by atoms with Crippen LogP contribution in [0.1, 0.15) is 5.56 Å². The zero-order valence-corrected chi connectivity index (χ0v) is 19.9. The molecule has 1 fully saturated rings. The summed E-state index contributed by atoms with van der Waals surface area (Å²) in [5.74, 6) is 0.836. The molecule has 2 heterocycles. The SMILES string of the molecule is CN=C(NCc1cccc(S(=O)(=O)NC)c1)N1CCN(c2cccs2)CC1.I. The third-order valence-corrected chi connectivity index (χ3v) is 6.88. The lowest BCUT2D eigenvalue weighted by Crippen LogP contribution is -2.52. The Labute approximate surface area is 187 Å². The molecule has 0 atom stereocenters. The summed E-state index contributed by atoms with van der Waals surface area (Å²) >= 11 is 1.76. The minimum absolute atomic E-state index is 0. The van der Waals surface area contributed by atoms with Gasteiger partial charge in [0.2, 0.25) is 10.0 Å². The van der Waals surface area contributed by atoms with E-state index in [1.165, 1.54) is 12.0 Å². The van der Waals surface area contributed by atoms with Crippen LogP contribution in [0.25, 0.3) is 0 Å². The Morgan fingerprint density at radius 2 is 1.93 bits per heavy atom. The van der Waals surface area contributed by atoms with Crippen LogP contribution in [0.15, 0.2) is 51.7 Å². The summed E-state index contributed by atoms with van der Waals surface area (Å²) in [6, 6.07) is 11.2.